The molecule has 0 bridgehead atoms. The van der Waals surface area contributed by atoms with E-state index in [2.05, 4.69) is 55.3 Å². The third-order valence-corrected chi connectivity index (χ3v) is 3.89. The van der Waals surface area contributed by atoms with Crippen molar-refractivity contribution in [1.82, 2.24) is 25.6 Å². The Labute approximate surface area is 137 Å². The Bertz CT molecular complexity index is 690. The van der Waals surface area contributed by atoms with E-state index in [0.717, 1.165) is 30.0 Å². The highest BCUT2D eigenvalue weighted by Gasteiger charge is 2.03. The first-order chi connectivity index (χ1) is 10.8. The lowest BCUT2D eigenvalue weighted by molar-refractivity contribution is 0.284. The van der Waals surface area contributed by atoms with Crippen molar-refractivity contribution in [3.63, 3.8) is 0 Å². The molecule has 0 saturated heterocycles. The number of rotatable bonds is 5. The molecule has 2 aromatic heterocycles. The van der Waals surface area contributed by atoms with Gasteiger partial charge >= 0.3 is 0 Å². The Morgan fingerprint density at radius 2 is 2.00 bits per heavy atom. The molecule has 6 nitrogen and oxygen atoms in total. The fraction of sp³-hybridized carbons (Fsp3) is 0.286. The van der Waals surface area contributed by atoms with Gasteiger partial charge in [-0.15, -0.1) is 11.3 Å². The lowest BCUT2D eigenvalue weighted by Gasteiger charge is -1.95. The van der Waals surface area contributed by atoms with E-state index >= 15 is 0 Å². The van der Waals surface area contributed by atoms with Gasteiger partial charge in [0.15, 0.2) is 0 Å². The van der Waals surface area contributed by atoms with Crippen molar-refractivity contribution in [3.8, 4) is 10.6 Å². The smallest absolute Gasteiger partial charge is 0.235 e. The van der Waals surface area contributed by atoms with Gasteiger partial charge in [-0.2, -0.15) is 5.21 Å². The zero-order valence-corrected chi connectivity index (χ0v) is 13.5. The predicted octanol–water partition coefficient (Wildman–Crippen LogP) is 2.99. The van der Waals surface area contributed by atoms with Gasteiger partial charge in [0.1, 0.15) is 5.01 Å². The summed E-state index contributed by atoms with van der Waals surface area (Å²) < 4.78 is 0.384. The summed E-state index contributed by atoms with van der Waals surface area (Å²) in [6, 6.07) is 10.2. The molecule has 0 amide bonds. The van der Waals surface area contributed by atoms with Crippen LogP contribution in [-0.4, -0.2) is 37.3 Å². The normalized spacial score (nSPS) is 10.0. The van der Waals surface area contributed by atoms with E-state index in [-0.39, 0.29) is 6.61 Å². The molecule has 1 aromatic carbocycles. The van der Waals surface area contributed by atoms with Crippen LogP contribution in [0.25, 0.3) is 10.6 Å². The topological polar surface area (TPSA) is 90.5 Å². The number of aliphatic hydroxyl groups excluding tert-OH is 1. The predicted molar refractivity (Wildman–Crippen MR) is 89.1 cm³/mol. The largest absolute Gasteiger partial charge is 0.396 e. The molecule has 0 spiro atoms. The maximum absolute atomic E-state index is 8.71. The number of nitrogens with one attached hydrogen (secondary N) is 2. The van der Waals surface area contributed by atoms with Crippen molar-refractivity contribution in [1.29, 1.82) is 0 Å². The Morgan fingerprint density at radius 1 is 1.18 bits per heavy atom. The van der Waals surface area contributed by atoms with Gasteiger partial charge in [-0.25, -0.2) is 4.98 Å². The SMILES string of the molecule is OCCCCc1csc(-c2ccccc2)n1.S=c1nn[nH][nH]1. The molecule has 116 valence electrons. The number of H-pyrrole nitrogens is 2. The second kappa shape index (κ2) is 9.19. The molecule has 3 N–H and O–H groups in total. The monoisotopic (exact) mass is 335 g/mol. The third kappa shape index (κ3) is 5.47. The van der Waals surface area contributed by atoms with Crippen molar-refractivity contribution in [2.24, 2.45) is 0 Å². The third-order valence-electron chi connectivity index (χ3n) is 2.77. The minimum atomic E-state index is 0.273. The molecular weight excluding hydrogens is 318 g/mol. The van der Waals surface area contributed by atoms with Crippen LogP contribution in [0.4, 0.5) is 0 Å². The Kier molecular flexibility index (Phi) is 6.88. The maximum atomic E-state index is 8.71. The number of nitrogens with zero attached hydrogens (tertiary/aromatic N) is 3. The van der Waals surface area contributed by atoms with Gasteiger partial charge in [-0.1, -0.05) is 40.6 Å². The van der Waals surface area contributed by atoms with Crippen molar-refractivity contribution < 1.29 is 5.11 Å². The van der Waals surface area contributed by atoms with Crippen LogP contribution in [0.2, 0.25) is 0 Å². The summed E-state index contributed by atoms with van der Waals surface area (Å²) in [6.07, 6.45) is 2.83. The summed E-state index contributed by atoms with van der Waals surface area (Å²) in [5, 5.41) is 23.4. The summed E-state index contributed by atoms with van der Waals surface area (Å²) in [4.78, 5) is 4.59. The zero-order chi connectivity index (χ0) is 15.6. The van der Waals surface area contributed by atoms with Gasteiger partial charge in [0.2, 0.25) is 4.77 Å². The number of aromatic nitrogens is 5. The molecule has 0 unspecified atom stereocenters. The van der Waals surface area contributed by atoms with Crippen LogP contribution in [0.1, 0.15) is 18.5 Å². The van der Waals surface area contributed by atoms with E-state index in [1.54, 1.807) is 11.3 Å². The van der Waals surface area contributed by atoms with E-state index in [1.165, 1.54) is 5.56 Å². The minimum absolute atomic E-state index is 0.273. The number of hydrogen-bond acceptors (Lipinski definition) is 6. The van der Waals surface area contributed by atoms with Gasteiger partial charge < -0.3 is 5.11 Å². The molecule has 0 radical (unpaired) electrons. The molecule has 0 saturated carbocycles. The molecule has 2 heterocycles. The summed E-state index contributed by atoms with van der Waals surface area (Å²) >= 11 is 6.17. The van der Waals surface area contributed by atoms with Crippen LogP contribution >= 0.6 is 23.6 Å². The van der Waals surface area contributed by atoms with Crippen molar-refractivity contribution in [3.05, 3.63) is 46.2 Å². The number of benzene rings is 1. The van der Waals surface area contributed by atoms with Gasteiger partial charge in [0.25, 0.3) is 0 Å². The fourth-order valence-corrected chi connectivity index (χ4v) is 2.67. The van der Waals surface area contributed by atoms with Crippen LogP contribution in [0.5, 0.6) is 0 Å². The highest BCUT2D eigenvalue weighted by molar-refractivity contribution is 7.71. The van der Waals surface area contributed by atoms with E-state index in [4.69, 9.17) is 5.11 Å². The minimum Gasteiger partial charge on any atom is -0.396 e. The number of hydrogen-bond donors (Lipinski definition) is 3. The summed E-state index contributed by atoms with van der Waals surface area (Å²) in [5.41, 5.74) is 2.32. The number of unbranched alkanes of at least 4 members (excludes halogenated alkanes) is 1. The molecule has 0 atom stereocenters. The molecule has 22 heavy (non-hydrogen) atoms. The average molecular weight is 335 g/mol. The number of tetrazole rings is 1. The molecule has 0 aliphatic heterocycles. The second-order valence-electron chi connectivity index (χ2n) is 4.43. The Balaban J connectivity index is 0.000000246. The van der Waals surface area contributed by atoms with Gasteiger partial charge in [0.05, 0.1) is 5.69 Å². The summed E-state index contributed by atoms with van der Waals surface area (Å²) in [5.74, 6) is 0. The lowest BCUT2D eigenvalue weighted by atomic mass is 10.2. The Morgan fingerprint density at radius 3 is 2.59 bits per heavy atom. The maximum Gasteiger partial charge on any atom is 0.235 e. The van der Waals surface area contributed by atoms with E-state index in [1.807, 2.05) is 18.2 Å². The molecule has 0 aliphatic carbocycles. The molecular formula is C14H17N5OS2. The zero-order valence-electron chi connectivity index (χ0n) is 11.9. The van der Waals surface area contributed by atoms with Crippen LogP contribution in [0.3, 0.4) is 0 Å². The van der Waals surface area contributed by atoms with Gasteiger partial charge in [-0.05, 0) is 31.5 Å². The van der Waals surface area contributed by atoms with Crippen LogP contribution in [-0.2, 0) is 6.42 Å². The van der Waals surface area contributed by atoms with Crippen LogP contribution < -0.4 is 0 Å². The van der Waals surface area contributed by atoms with Gasteiger partial charge in [0, 0.05) is 17.6 Å². The molecule has 0 aliphatic rings. The van der Waals surface area contributed by atoms with Crippen molar-refractivity contribution >= 4 is 23.6 Å². The van der Waals surface area contributed by atoms with E-state index in [9.17, 15) is 0 Å². The van der Waals surface area contributed by atoms with Crippen LogP contribution in [0, 0.1) is 4.77 Å². The highest BCUT2D eigenvalue weighted by Crippen LogP contribution is 2.23. The number of aromatic amines is 2. The lowest BCUT2D eigenvalue weighted by Crippen LogP contribution is -1.88. The average Bonchev–Trinajstić information content (AvgIpc) is 3.21. The number of aliphatic hydroxyl groups is 1. The number of thiazole rings is 1. The first-order valence-corrected chi connectivity index (χ1v) is 8.15. The van der Waals surface area contributed by atoms with E-state index in [0.29, 0.717) is 4.77 Å². The molecule has 3 rings (SSSR count). The fourth-order valence-electron chi connectivity index (χ4n) is 1.72. The molecule has 3 aromatic rings. The van der Waals surface area contributed by atoms with E-state index < -0.39 is 0 Å². The second-order valence-corrected chi connectivity index (χ2v) is 5.68. The summed E-state index contributed by atoms with van der Waals surface area (Å²) in [7, 11) is 0. The molecule has 0 fully saturated rings. The van der Waals surface area contributed by atoms with Crippen LogP contribution in [0.15, 0.2) is 35.7 Å². The molecule has 8 heteroatoms. The van der Waals surface area contributed by atoms with Crippen molar-refractivity contribution in [2.75, 3.05) is 6.61 Å². The summed E-state index contributed by atoms with van der Waals surface area (Å²) in [6.45, 7) is 0.273. The first kappa shape index (κ1) is 16.5. The van der Waals surface area contributed by atoms with Gasteiger partial charge in [-0.3, -0.25) is 5.10 Å². The Hall–Kier alpha value is -1.90. The quantitative estimate of drug-likeness (QED) is 0.492. The number of aryl methyl sites for hydroxylation is 1. The standard InChI is InChI=1S/C13H15NOS.CH2N4S/c15-9-5-4-8-12-10-16-13(14-12)11-6-2-1-3-7-11;6-1-2-4-5-3-1/h1-3,6-7,10,15H,4-5,8-9H2;(H2,2,3,4,5,6). The van der Waals surface area contributed by atoms with Crippen molar-refractivity contribution in [2.45, 2.75) is 19.3 Å². The highest BCUT2D eigenvalue weighted by atomic mass is 32.1. The first-order valence-electron chi connectivity index (χ1n) is 6.86.